The molecule has 10 nitrogen and oxygen atoms in total. The van der Waals surface area contributed by atoms with Crippen LogP contribution in [0, 0.1) is 10.1 Å². The van der Waals surface area contributed by atoms with Crippen molar-refractivity contribution in [2.24, 2.45) is 5.10 Å². The van der Waals surface area contributed by atoms with Crippen LogP contribution < -0.4 is 10.2 Å². The molecule has 0 fully saturated rings. The number of non-ortho nitro benzene ring substituents is 1. The van der Waals surface area contributed by atoms with E-state index >= 15 is 0 Å². The standard InChI is InChI=1S/C23H15Cl2N5O5S/c24-15-6-11-19(18(25)12-15)34-13-20-27-29-23(35-20)36-22(21(31)14-4-2-1-3-5-14)28-26-16-7-9-17(10-8-16)30(32)33/h1-12,26H,13H2. The predicted molar refractivity (Wildman–Crippen MR) is 136 cm³/mol. The Hall–Kier alpha value is -3.93. The molecule has 4 rings (SSSR count). The number of thioether (sulfide) groups is 1. The van der Waals surface area contributed by atoms with Crippen LogP contribution in [-0.2, 0) is 6.61 Å². The number of nitrogens with one attached hydrogen (secondary N) is 1. The molecule has 0 spiro atoms. The first-order valence-electron chi connectivity index (χ1n) is 10.1. The zero-order valence-corrected chi connectivity index (χ0v) is 20.5. The smallest absolute Gasteiger partial charge is 0.283 e. The number of hydrogen-bond acceptors (Lipinski definition) is 10. The second-order valence-corrected chi connectivity index (χ2v) is 8.74. The monoisotopic (exact) mass is 543 g/mol. The van der Waals surface area contributed by atoms with Gasteiger partial charge in [0.1, 0.15) is 5.75 Å². The second kappa shape index (κ2) is 11.7. The van der Waals surface area contributed by atoms with Gasteiger partial charge in [-0.2, -0.15) is 5.10 Å². The van der Waals surface area contributed by atoms with Crippen molar-refractivity contribution < 1.29 is 18.9 Å². The number of ether oxygens (including phenoxy) is 1. The number of aromatic nitrogens is 2. The average Bonchev–Trinajstić information content (AvgIpc) is 3.33. The molecule has 0 bridgehead atoms. The van der Waals surface area contributed by atoms with Crippen LogP contribution in [0.5, 0.6) is 5.75 Å². The Labute approximate surface area is 218 Å². The van der Waals surface area contributed by atoms with Gasteiger partial charge >= 0.3 is 0 Å². The molecule has 36 heavy (non-hydrogen) atoms. The normalized spacial score (nSPS) is 11.2. The van der Waals surface area contributed by atoms with Crippen molar-refractivity contribution in [2.75, 3.05) is 5.43 Å². The summed E-state index contributed by atoms with van der Waals surface area (Å²) < 4.78 is 11.2. The Morgan fingerprint density at radius 2 is 1.83 bits per heavy atom. The average molecular weight is 544 g/mol. The fourth-order valence-corrected chi connectivity index (χ4v) is 3.91. The minimum atomic E-state index is -0.509. The zero-order chi connectivity index (χ0) is 25.5. The van der Waals surface area contributed by atoms with Crippen LogP contribution in [-0.4, -0.2) is 25.9 Å². The first-order chi connectivity index (χ1) is 17.4. The quantitative estimate of drug-likeness (QED) is 0.0647. The first-order valence-corrected chi connectivity index (χ1v) is 11.7. The Kier molecular flexibility index (Phi) is 8.16. The zero-order valence-electron chi connectivity index (χ0n) is 18.1. The number of nitrogens with zero attached hydrogens (tertiary/aromatic N) is 4. The molecule has 0 aliphatic heterocycles. The highest BCUT2D eigenvalue weighted by molar-refractivity contribution is 8.15. The number of carbonyl (C=O) groups excluding carboxylic acids is 1. The molecule has 0 aliphatic rings. The number of nitro benzene ring substituents is 1. The number of benzene rings is 3. The van der Waals surface area contributed by atoms with Crippen LogP contribution in [0.4, 0.5) is 11.4 Å². The van der Waals surface area contributed by atoms with Gasteiger partial charge in [0, 0.05) is 22.7 Å². The fourth-order valence-electron chi connectivity index (χ4n) is 2.76. The number of hydrogen-bond donors (Lipinski definition) is 1. The largest absolute Gasteiger partial charge is 0.482 e. The third kappa shape index (κ3) is 6.60. The van der Waals surface area contributed by atoms with E-state index in [1.165, 1.54) is 24.3 Å². The molecule has 0 aliphatic carbocycles. The van der Waals surface area contributed by atoms with E-state index in [-0.39, 0.29) is 34.2 Å². The molecular formula is C23H15Cl2N5O5S. The lowest BCUT2D eigenvalue weighted by atomic mass is 10.1. The molecule has 182 valence electrons. The topological polar surface area (TPSA) is 133 Å². The Balaban J connectivity index is 1.50. The summed E-state index contributed by atoms with van der Waals surface area (Å²) in [5, 5.41) is 23.8. The van der Waals surface area contributed by atoms with Gasteiger partial charge in [0.15, 0.2) is 11.7 Å². The molecule has 1 aromatic heterocycles. The maximum absolute atomic E-state index is 13.1. The number of Topliss-reactive ketones (excluding diaryl/α,β-unsaturated/α-hetero) is 1. The molecule has 0 unspecified atom stereocenters. The van der Waals surface area contributed by atoms with E-state index in [0.29, 0.717) is 27.0 Å². The van der Waals surface area contributed by atoms with Crippen molar-refractivity contribution in [3.63, 3.8) is 0 Å². The summed E-state index contributed by atoms with van der Waals surface area (Å²) in [7, 11) is 0. The predicted octanol–water partition coefficient (Wildman–Crippen LogP) is 6.26. The number of anilines is 1. The van der Waals surface area contributed by atoms with E-state index in [4.69, 9.17) is 32.4 Å². The van der Waals surface area contributed by atoms with Gasteiger partial charge in [-0.25, -0.2) is 0 Å². The lowest BCUT2D eigenvalue weighted by molar-refractivity contribution is -0.384. The summed E-state index contributed by atoms with van der Waals surface area (Å²) in [5.74, 6) is 0.152. The number of nitro groups is 1. The number of ketones is 1. The molecule has 0 atom stereocenters. The van der Waals surface area contributed by atoms with Gasteiger partial charge in [-0.05, 0) is 42.1 Å². The molecule has 0 saturated carbocycles. The van der Waals surface area contributed by atoms with Gasteiger partial charge in [-0.15, -0.1) is 10.2 Å². The maximum Gasteiger partial charge on any atom is 0.283 e. The van der Waals surface area contributed by atoms with Gasteiger partial charge in [-0.1, -0.05) is 53.5 Å². The molecule has 4 aromatic rings. The third-order valence-electron chi connectivity index (χ3n) is 4.47. The molecule has 0 saturated heterocycles. The van der Waals surface area contributed by atoms with Crippen molar-refractivity contribution in [3.8, 4) is 5.75 Å². The minimum Gasteiger partial charge on any atom is -0.482 e. The van der Waals surface area contributed by atoms with Crippen LogP contribution in [0.2, 0.25) is 10.0 Å². The number of carbonyl (C=O) groups is 1. The molecule has 3 aromatic carbocycles. The van der Waals surface area contributed by atoms with E-state index in [2.05, 4.69) is 20.7 Å². The van der Waals surface area contributed by atoms with Gasteiger partial charge < -0.3 is 9.15 Å². The highest BCUT2D eigenvalue weighted by Crippen LogP contribution is 2.28. The molecule has 1 heterocycles. The van der Waals surface area contributed by atoms with Crippen LogP contribution in [0.25, 0.3) is 0 Å². The molecule has 0 amide bonds. The second-order valence-electron chi connectivity index (χ2n) is 6.96. The Morgan fingerprint density at radius 1 is 1.08 bits per heavy atom. The van der Waals surface area contributed by atoms with Crippen molar-refractivity contribution in [1.29, 1.82) is 0 Å². The summed E-state index contributed by atoms with van der Waals surface area (Å²) in [6, 6.07) is 18.9. The molecule has 13 heteroatoms. The highest BCUT2D eigenvalue weighted by atomic mass is 35.5. The van der Waals surface area contributed by atoms with Crippen molar-refractivity contribution in [2.45, 2.75) is 11.8 Å². The summed E-state index contributed by atoms with van der Waals surface area (Å²) >= 11 is 12.8. The lowest BCUT2D eigenvalue weighted by Gasteiger charge is -2.06. The van der Waals surface area contributed by atoms with E-state index in [9.17, 15) is 14.9 Å². The number of rotatable bonds is 9. The van der Waals surface area contributed by atoms with E-state index in [1.54, 1.807) is 48.5 Å². The molecular weight excluding hydrogens is 529 g/mol. The van der Waals surface area contributed by atoms with E-state index < -0.39 is 4.92 Å². The summed E-state index contributed by atoms with van der Waals surface area (Å²) in [5.41, 5.74) is 3.50. The molecule has 0 radical (unpaired) electrons. The first kappa shape index (κ1) is 25.2. The van der Waals surface area contributed by atoms with Gasteiger partial charge in [0.25, 0.3) is 16.8 Å². The van der Waals surface area contributed by atoms with E-state index in [1.807, 2.05) is 0 Å². The van der Waals surface area contributed by atoms with E-state index in [0.717, 1.165) is 11.8 Å². The van der Waals surface area contributed by atoms with Gasteiger partial charge in [-0.3, -0.25) is 20.3 Å². The van der Waals surface area contributed by atoms with Crippen LogP contribution in [0.3, 0.4) is 0 Å². The third-order valence-corrected chi connectivity index (χ3v) is 5.81. The fraction of sp³-hybridized carbons (Fsp3) is 0.0435. The maximum atomic E-state index is 13.1. The summed E-state index contributed by atoms with van der Waals surface area (Å²) in [6.07, 6.45) is 0. The van der Waals surface area contributed by atoms with Crippen molar-refractivity contribution in [1.82, 2.24) is 10.2 Å². The number of halogens is 2. The van der Waals surface area contributed by atoms with Crippen LogP contribution in [0.1, 0.15) is 16.2 Å². The van der Waals surface area contributed by atoms with Crippen LogP contribution in [0.15, 0.2) is 87.5 Å². The Bertz CT molecular complexity index is 1410. The number of hydrazone groups is 1. The van der Waals surface area contributed by atoms with Gasteiger partial charge in [0.2, 0.25) is 5.78 Å². The van der Waals surface area contributed by atoms with Crippen molar-refractivity contribution in [3.05, 3.63) is 104 Å². The Morgan fingerprint density at radius 3 is 2.53 bits per heavy atom. The minimum absolute atomic E-state index is 0.0106. The SMILES string of the molecule is O=C(C(=NNc1ccc([N+](=O)[O-])cc1)Sc1nnc(COc2ccc(Cl)cc2Cl)o1)c1ccccc1. The van der Waals surface area contributed by atoms with Crippen molar-refractivity contribution >= 4 is 57.2 Å². The van der Waals surface area contributed by atoms with Gasteiger partial charge in [0.05, 0.1) is 15.6 Å². The summed E-state index contributed by atoms with van der Waals surface area (Å²) in [4.78, 5) is 23.4. The van der Waals surface area contributed by atoms with Crippen LogP contribution >= 0.6 is 35.0 Å². The summed E-state index contributed by atoms with van der Waals surface area (Å²) in [6.45, 7) is -0.0605. The molecule has 1 N–H and O–H groups in total. The highest BCUT2D eigenvalue weighted by Gasteiger charge is 2.20. The lowest BCUT2D eigenvalue weighted by Crippen LogP contribution is -2.13.